The van der Waals surface area contributed by atoms with Crippen LogP contribution in [0.5, 0.6) is 0 Å². The maximum atomic E-state index is 12.1. The van der Waals surface area contributed by atoms with Gasteiger partial charge in [0.25, 0.3) is 0 Å². The quantitative estimate of drug-likeness (QED) is 0.485. The van der Waals surface area contributed by atoms with Crippen molar-refractivity contribution in [3.05, 3.63) is 11.7 Å². The lowest BCUT2D eigenvalue weighted by Crippen LogP contribution is -2.48. The molecule has 1 atom stereocenters. The van der Waals surface area contributed by atoms with E-state index in [9.17, 15) is 4.79 Å². The van der Waals surface area contributed by atoms with Crippen molar-refractivity contribution in [2.24, 2.45) is 10.9 Å². The van der Waals surface area contributed by atoms with E-state index >= 15 is 0 Å². The van der Waals surface area contributed by atoms with E-state index in [0.29, 0.717) is 31.4 Å². The highest BCUT2D eigenvalue weighted by Gasteiger charge is 2.28. The molecule has 0 saturated carbocycles. The number of carbonyl (C=O) groups excluding carboxylic acids is 1. The van der Waals surface area contributed by atoms with Gasteiger partial charge in [-0.2, -0.15) is 4.98 Å². The lowest BCUT2D eigenvalue weighted by atomic mass is 9.97. The highest BCUT2D eigenvalue weighted by Crippen LogP contribution is 2.20. The molecule has 0 bridgehead atoms. The first-order chi connectivity index (χ1) is 12.3. The predicted molar refractivity (Wildman–Crippen MR) is 98.7 cm³/mol. The van der Waals surface area contributed by atoms with Gasteiger partial charge in [-0.05, 0) is 26.7 Å². The Morgan fingerprint density at radius 3 is 2.81 bits per heavy atom. The van der Waals surface area contributed by atoms with E-state index in [2.05, 4.69) is 25.3 Å². The van der Waals surface area contributed by atoms with Crippen LogP contribution >= 0.6 is 0 Å². The Morgan fingerprint density at radius 1 is 1.42 bits per heavy atom. The van der Waals surface area contributed by atoms with Gasteiger partial charge in [0.1, 0.15) is 6.54 Å². The summed E-state index contributed by atoms with van der Waals surface area (Å²) in [5.41, 5.74) is -0.181. The van der Waals surface area contributed by atoms with Gasteiger partial charge in [0, 0.05) is 25.0 Å². The van der Waals surface area contributed by atoms with Gasteiger partial charge in [-0.3, -0.25) is 4.79 Å². The summed E-state index contributed by atoms with van der Waals surface area (Å²) >= 11 is 0. The number of guanidine groups is 1. The fourth-order valence-corrected chi connectivity index (χ4v) is 2.82. The molecule has 1 aromatic heterocycles. The molecule has 1 aromatic rings. The molecule has 1 unspecified atom stereocenters. The number of rotatable bonds is 5. The summed E-state index contributed by atoms with van der Waals surface area (Å²) in [5.74, 6) is 1.70. The van der Waals surface area contributed by atoms with Crippen LogP contribution in [0.3, 0.4) is 0 Å². The van der Waals surface area contributed by atoms with Crippen molar-refractivity contribution in [1.82, 2.24) is 20.4 Å². The average Bonchev–Trinajstić information content (AvgIpc) is 3.08. The summed E-state index contributed by atoms with van der Waals surface area (Å²) in [5, 5.41) is 7.30. The fraction of sp³-hybridized carbons (Fsp3) is 0.778. The summed E-state index contributed by atoms with van der Waals surface area (Å²) < 4.78 is 10.5. The van der Waals surface area contributed by atoms with Crippen LogP contribution in [0.4, 0.5) is 0 Å². The van der Waals surface area contributed by atoms with Crippen molar-refractivity contribution in [2.75, 3.05) is 26.2 Å². The second-order valence-corrected chi connectivity index (χ2v) is 7.47. The number of aliphatic imine (C=N–C) groups is 1. The topological polar surface area (TPSA) is 92.9 Å². The molecule has 0 amide bonds. The molecule has 0 spiro atoms. The molecule has 1 N–H and O–H groups in total. The Labute approximate surface area is 155 Å². The SMILES string of the molecule is CCNC(=NCc1noc(C(C)(C)C)n1)N1CCCC(C(=O)OCC)C1. The third-order valence-electron chi connectivity index (χ3n) is 4.16. The average molecular weight is 365 g/mol. The first-order valence-electron chi connectivity index (χ1n) is 9.38. The first-order valence-corrected chi connectivity index (χ1v) is 9.38. The van der Waals surface area contributed by atoms with Crippen molar-refractivity contribution in [3.8, 4) is 0 Å². The van der Waals surface area contributed by atoms with Gasteiger partial charge >= 0.3 is 5.97 Å². The predicted octanol–water partition coefficient (Wildman–Crippen LogP) is 2.11. The lowest BCUT2D eigenvalue weighted by Gasteiger charge is -2.33. The summed E-state index contributed by atoms with van der Waals surface area (Å²) in [6.07, 6.45) is 1.79. The Kier molecular flexibility index (Phi) is 6.99. The van der Waals surface area contributed by atoms with E-state index in [4.69, 9.17) is 9.26 Å². The third kappa shape index (κ3) is 5.44. The Hall–Kier alpha value is -2.12. The first kappa shape index (κ1) is 20.2. The van der Waals surface area contributed by atoms with Gasteiger partial charge in [-0.1, -0.05) is 25.9 Å². The van der Waals surface area contributed by atoms with E-state index in [1.54, 1.807) is 0 Å². The van der Waals surface area contributed by atoms with Crippen molar-refractivity contribution in [2.45, 2.75) is 59.4 Å². The van der Waals surface area contributed by atoms with E-state index in [1.165, 1.54) is 0 Å². The maximum Gasteiger partial charge on any atom is 0.310 e. The Bertz CT molecular complexity index is 621. The molecule has 26 heavy (non-hydrogen) atoms. The lowest BCUT2D eigenvalue weighted by molar-refractivity contribution is -0.149. The monoisotopic (exact) mass is 365 g/mol. The number of nitrogens with one attached hydrogen (secondary N) is 1. The number of hydrogen-bond donors (Lipinski definition) is 1. The zero-order valence-corrected chi connectivity index (χ0v) is 16.5. The molecule has 1 aliphatic heterocycles. The number of carbonyl (C=O) groups is 1. The van der Waals surface area contributed by atoms with Gasteiger partial charge in [0.2, 0.25) is 5.89 Å². The Balaban J connectivity index is 2.05. The van der Waals surface area contributed by atoms with Crippen LogP contribution in [0.2, 0.25) is 0 Å². The molecular formula is C18H31N5O3. The normalized spacial score (nSPS) is 18.7. The van der Waals surface area contributed by atoms with Crippen LogP contribution in [0, 0.1) is 5.92 Å². The van der Waals surface area contributed by atoms with Crippen molar-refractivity contribution < 1.29 is 14.1 Å². The second kappa shape index (κ2) is 9.00. The molecule has 8 heteroatoms. The van der Waals surface area contributed by atoms with Gasteiger partial charge in [-0.15, -0.1) is 0 Å². The molecule has 0 aromatic carbocycles. The molecule has 8 nitrogen and oxygen atoms in total. The standard InChI is InChI=1S/C18H31N5O3/c1-6-19-17(20-11-14-21-16(26-22-14)18(3,4)5)23-10-8-9-13(12-23)15(24)25-7-2/h13H,6-12H2,1-5H3,(H,19,20). The van der Waals surface area contributed by atoms with Gasteiger partial charge < -0.3 is 19.5 Å². The minimum absolute atomic E-state index is 0.106. The number of aromatic nitrogens is 2. The van der Waals surface area contributed by atoms with Crippen LogP contribution < -0.4 is 5.32 Å². The van der Waals surface area contributed by atoms with Crippen LogP contribution in [-0.4, -0.2) is 53.2 Å². The van der Waals surface area contributed by atoms with Crippen LogP contribution in [-0.2, 0) is 21.5 Å². The highest BCUT2D eigenvalue weighted by atomic mass is 16.5. The molecule has 0 radical (unpaired) electrons. The number of esters is 1. The summed E-state index contributed by atoms with van der Waals surface area (Å²) in [6, 6.07) is 0. The summed E-state index contributed by atoms with van der Waals surface area (Å²) in [4.78, 5) is 23.2. The van der Waals surface area contributed by atoms with E-state index in [0.717, 1.165) is 31.9 Å². The molecular weight excluding hydrogens is 334 g/mol. The summed E-state index contributed by atoms with van der Waals surface area (Å²) in [7, 11) is 0. The van der Waals surface area contributed by atoms with E-state index in [-0.39, 0.29) is 17.3 Å². The van der Waals surface area contributed by atoms with Crippen LogP contribution in [0.1, 0.15) is 59.2 Å². The van der Waals surface area contributed by atoms with E-state index in [1.807, 2.05) is 34.6 Å². The molecule has 1 saturated heterocycles. The number of likely N-dealkylation sites (tertiary alicyclic amines) is 1. The maximum absolute atomic E-state index is 12.1. The third-order valence-corrected chi connectivity index (χ3v) is 4.16. The van der Waals surface area contributed by atoms with Crippen LogP contribution in [0.15, 0.2) is 9.52 Å². The molecule has 1 fully saturated rings. The molecule has 0 aliphatic carbocycles. The van der Waals surface area contributed by atoms with Crippen LogP contribution in [0.25, 0.3) is 0 Å². The van der Waals surface area contributed by atoms with E-state index < -0.39 is 0 Å². The van der Waals surface area contributed by atoms with Crippen molar-refractivity contribution in [3.63, 3.8) is 0 Å². The molecule has 146 valence electrons. The number of ether oxygens (including phenoxy) is 1. The smallest absolute Gasteiger partial charge is 0.310 e. The zero-order valence-electron chi connectivity index (χ0n) is 16.5. The largest absolute Gasteiger partial charge is 0.466 e. The fourth-order valence-electron chi connectivity index (χ4n) is 2.82. The zero-order chi connectivity index (χ0) is 19.2. The highest BCUT2D eigenvalue weighted by molar-refractivity contribution is 5.81. The molecule has 2 rings (SSSR count). The minimum atomic E-state index is -0.181. The van der Waals surface area contributed by atoms with Gasteiger partial charge in [-0.25, -0.2) is 4.99 Å². The second-order valence-electron chi connectivity index (χ2n) is 7.47. The Morgan fingerprint density at radius 2 is 2.19 bits per heavy atom. The van der Waals surface area contributed by atoms with Crippen molar-refractivity contribution in [1.29, 1.82) is 0 Å². The minimum Gasteiger partial charge on any atom is -0.466 e. The summed E-state index contributed by atoms with van der Waals surface area (Å²) in [6.45, 7) is 12.9. The molecule has 2 heterocycles. The number of hydrogen-bond acceptors (Lipinski definition) is 6. The van der Waals surface area contributed by atoms with Crippen molar-refractivity contribution >= 4 is 11.9 Å². The number of nitrogens with zero attached hydrogens (tertiary/aromatic N) is 4. The number of piperidine rings is 1. The van der Waals surface area contributed by atoms with Gasteiger partial charge in [0.15, 0.2) is 11.8 Å². The molecule has 1 aliphatic rings. The van der Waals surface area contributed by atoms with Gasteiger partial charge in [0.05, 0.1) is 12.5 Å².